The zero-order valence-electron chi connectivity index (χ0n) is 14.7. The van der Waals surface area contributed by atoms with E-state index in [1.807, 2.05) is 0 Å². The van der Waals surface area contributed by atoms with Crippen LogP contribution in [0.5, 0.6) is 0 Å². The minimum absolute atomic E-state index is 0.130. The molecular formula is C20H13ClN2O5S. The molecule has 1 amide bonds. The summed E-state index contributed by atoms with van der Waals surface area (Å²) in [6.45, 7) is 0. The Morgan fingerprint density at radius 1 is 1.17 bits per heavy atom. The Labute approximate surface area is 173 Å². The van der Waals surface area contributed by atoms with Crippen LogP contribution in [-0.2, 0) is 11.2 Å². The molecule has 0 fully saturated rings. The number of carbonyl (C=O) groups excluding carboxylic acids is 1. The Balaban J connectivity index is 1.52. The Hall–Kier alpha value is -3.36. The second-order valence-corrected chi connectivity index (χ2v) is 7.34. The first-order chi connectivity index (χ1) is 14.0. The molecule has 0 unspecified atom stereocenters. The standard InChI is InChI=1S/C20H13ClN2O5S/c21-13-8-11(22-20(26)17-2-1-7-27-17)3-4-12(13)15-5-6-16(28-15)14-10-29-18(23-14)9-19(24)25/h1-8,10H,9H2,(H,22,26)(H,24,25). The van der Waals surface area contributed by atoms with Crippen molar-refractivity contribution in [3.63, 3.8) is 0 Å². The van der Waals surface area contributed by atoms with E-state index in [2.05, 4.69) is 10.3 Å². The third-order valence-electron chi connectivity index (χ3n) is 3.95. The third kappa shape index (κ3) is 4.23. The summed E-state index contributed by atoms with van der Waals surface area (Å²) >= 11 is 7.64. The number of anilines is 1. The lowest BCUT2D eigenvalue weighted by Crippen LogP contribution is -2.10. The summed E-state index contributed by atoms with van der Waals surface area (Å²) in [6, 6.07) is 11.8. The fourth-order valence-electron chi connectivity index (χ4n) is 2.65. The van der Waals surface area contributed by atoms with Crippen molar-refractivity contribution >= 4 is 40.5 Å². The number of aromatic nitrogens is 1. The molecule has 2 N–H and O–H groups in total. The molecule has 0 aliphatic heterocycles. The lowest BCUT2D eigenvalue weighted by Gasteiger charge is -2.06. The molecule has 0 spiro atoms. The largest absolute Gasteiger partial charge is 0.481 e. The number of carbonyl (C=O) groups is 2. The van der Waals surface area contributed by atoms with Crippen LogP contribution in [0.4, 0.5) is 5.69 Å². The van der Waals surface area contributed by atoms with Gasteiger partial charge in [-0.3, -0.25) is 9.59 Å². The number of benzene rings is 1. The molecule has 0 aliphatic carbocycles. The lowest BCUT2D eigenvalue weighted by molar-refractivity contribution is -0.136. The van der Waals surface area contributed by atoms with Crippen molar-refractivity contribution in [2.45, 2.75) is 6.42 Å². The maximum atomic E-state index is 12.1. The van der Waals surface area contributed by atoms with Crippen LogP contribution in [0.15, 0.2) is 62.9 Å². The van der Waals surface area contributed by atoms with Crippen LogP contribution in [0, 0.1) is 0 Å². The number of halogens is 1. The Morgan fingerprint density at radius 2 is 2.00 bits per heavy atom. The maximum absolute atomic E-state index is 12.1. The molecule has 0 aliphatic rings. The fourth-order valence-corrected chi connectivity index (χ4v) is 3.70. The lowest BCUT2D eigenvalue weighted by atomic mass is 10.1. The summed E-state index contributed by atoms with van der Waals surface area (Å²) in [7, 11) is 0. The van der Waals surface area contributed by atoms with E-state index in [4.69, 9.17) is 25.5 Å². The smallest absolute Gasteiger partial charge is 0.310 e. The normalized spacial score (nSPS) is 10.8. The number of aliphatic carboxylic acids is 1. The van der Waals surface area contributed by atoms with Gasteiger partial charge in [0.1, 0.15) is 16.5 Å². The number of nitrogens with zero attached hydrogens (tertiary/aromatic N) is 1. The highest BCUT2D eigenvalue weighted by molar-refractivity contribution is 7.10. The number of hydrogen-bond donors (Lipinski definition) is 2. The van der Waals surface area contributed by atoms with E-state index in [0.717, 1.165) is 0 Å². The summed E-state index contributed by atoms with van der Waals surface area (Å²) in [4.78, 5) is 27.1. The summed E-state index contributed by atoms with van der Waals surface area (Å²) in [5.74, 6) is -0.0656. The molecule has 3 heterocycles. The van der Waals surface area contributed by atoms with Crippen molar-refractivity contribution < 1.29 is 23.5 Å². The van der Waals surface area contributed by atoms with Crippen LogP contribution in [0.3, 0.4) is 0 Å². The molecular weight excluding hydrogens is 416 g/mol. The summed E-state index contributed by atoms with van der Waals surface area (Å²) < 4.78 is 10.9. The molecule has 4 aromatic rings. The van der Waals surface area contributed by atoms with Crippen molar-refractivity contribution in [3.8, 4) is 22.8 Å². The van der Waals surface area contributed by atoms with Crippen LogP contribution < -0.4 is 5.32 Å². The minimum atomic E-state index is -0.933. The molecule has 1 aromatic carbocycles. The van der Waals surface area contributed by atoms with Gasteiger partial charge in [-0.05, 0) is 42.5 Å². The SMILES string of the molecule is O=C(O)Cc1nc(-c2ccc(-c3ccc(NC(=O)c4ccco4)cc3Cl)o2)cs1. The van der Waals surface area contributed by atoms with Gasteiger partial charge in [0.2, 0.25) is 0 Å². The molecule has 146 valence electrons. The zero-order valence-corrected chi connectivity index (χ0v) is 16.3. The second kappa shape index (κ2) is 7.94. The van der Waals surface area contributed by atoms with Crippen molar-refractivity contribution in [2.24, 2.45) is 0 Å². The van der Waals surface area contributed by atoms with Crippen molar-refractivity contribution in [1.29, 1.82) is 0 Å². The number of carboxylic acids is 1. The highest BCUT2D eigenvalue weighted by Crippen LogP contribution is 2.34. The van der Waals surface area contributed by atoms with E-state index in [1.165, 1.54) is 17.6 Å². The van der Waals surface area contributed by atoms with Gasteiger partial charge in [0.15, 0.2) is 11.5 Å². The summed E-state index contributed by atoms with van der Waals surface area (Å²) in [5.41, 5.74) is 1.73. The first-order valence-electron chi connectivity index (χ1n) is 8.41. The number of nitrogens with one attached hydrogen (secondary N) is 1. The van der Waals surface area contributed by atoms with Gasteiger partial charge in [-0.2, -0.15) is 0 Å². The van der Waals surface area contributed by atoms with E-state index in [1.54, 1.807) is 47.8 Å². The van der Waals surface area contributed by atoms with Crippen molar-refractivity contribution in [2.75, 3.05) is 5.32 Å². The molecule has 7 nitrogen and oxygen atoms in total. The van der Waals surface area contributed by atoms with Crippen LogP contribution >= 0.6 is 22.9 Å². The molecule has 0 atom stereocenters. The molecule has 0 radical (unpaired) electrons. The maximum Gasteiger partial charge on any atom is 0.310 e. The first-order valence-corrected chi connectivity index (χ1v) is 9.66. The average Bonchev–Trinajstić information content (AvgIpc) is 3.43. The van der Waals surface area contributed by atoms with Crippen LogP contribution in [0.2, 0.25) is 5.02 Å². The van der Waals surface area contributed by atoms with Gasteiger partial charge < -0.3 is 19.3 Å². The monoisotopic (exact) mass is 428 g/mol. The quantitative estimate of drug-likeness (QED) is 0.437. The van der Waals surface area contributed by atoms with Crippen LogP contribution in [-0.4, -0.2) is 22.0 Å². The predicted molar refractivity (Wildman–Crippen MR) is 108 cm³/mol. The molecule has 9 heteroatoms. The van der Waals surface area contributed by atoms with E-state index in [0.29, 0.717) is 38.5 Å². The van der Waals surface area contributed by atoms with Gasteiger partial charge in [0.25, 0.3) is 5.91 Å². The summed E-state index contributed by atoms with van der Waals surface area (Å²) in [5, 5.41) is 14.2. The average molecular weight is 429 g/mol. The number of amides is 1. The van der Waals surface area contributed by atoms with Gasteiger partial charge in [-0.15, -0.1) is 11.3 Å². The molecule has 0 saturated carbocycles. The first kappa shape index (κ1) is 19.0. The second-order valence-electron chi connectivity index (χ2n) is 5.99. The number of thiazole rings is 1. The molecule has 29 heavy (non-hydrogen) atoms. The van der Waals surface area contributed by atoms with Gasteiger partial charge in [0.05, 0.1) is 17.7 Å². The number of hydrogen-bond acceptors (Lipinski definition) is 6. The van der Waals surface area contributed by atoms with E-state index in [9.17, 15) is 9.59 Å². The Morgan fingerprint density at radius 3 is 2.72 bits per heavy atom. The number of rotatable bonds is 6. The number of carboxylic acid groups (broad SMARTS) is 1. The molecule has 0 bridgehead atoms. The molecule has 3 aromatic heterocycles. The van der Waals surface area contributed by atoms with Crippen molar-refractivity contribution in [1.82, 2.24) is 4.98 Å². The van der Waals surface area contributed by atoms with E-state index in [-0.39, 0.29) is 18.1 Å². The topological polar surface area (TPSA) is 106 Å². The molecule has 4 rings (SSSR count). The van der Waals surface area contributed by atoms with Crippen LogP contribution in [0.25, 0.3) is 22.8 Å². The fraction of sp³-hybridized carbons (Fsp3) is 0.0500. The van der Waals surface area contributed by atoms with E-state index < -0.39 is 5.97 Å². The van der Waals surface area contributed by atoms with Gasteiger partial charge >= 0.3 is 5.97 Å². The van der Waals surface area contributed by atoms with Crippen molar-refractivity contribution in [3.05, 3.63) is 69.9 Å². The Kier molecular flexibility index (Phi) is 5.20. The number of furan rings is 2. The van der Waals surface area contributed by atoms with Gasteiger partial charge in [-0.25, -0.2) is 4.98 Å². The Bertz CT molecular complexity index is 1180. The predicted octanol–water partition coefficient (Wildman–Crippen LogP) is 5.20. The van der Waals surface area contributed by atoms with Gasteiger partial charge in [0, 0.05) is 16.6 Å². The highest BCUT2D eigenvalue weighted by Gasteiger charge is 2.15. The van der Waals surface area contributed by atoms with Crippen LogP contribution in [0.1, 0.15) is 15.6 Å². The third-order valence-corrected chi connectivity index (χ3v) is 5.11. The minimum Gasteiger partial charge on any atom is -0.481 e. The zero-order chi connectivity index (χ0) is 20.4. The highest BCUT2D eigenvalue weighted by atomic mass is 35.5. The summed E-state index contributed by atoms with van der Waals surface area (Å²) in [6.07, 6.45) is 1.29. The molecule has 0 saturated heterocycles. The van der Waals surface area contributed by atoms with E-state index >= 15 is 0 Å². The van der Waals surface area contributed by atoms with Gasteiger partial charge in [-0.1, -0.05) is 11.6 Å².